The number of hydrogen-bond donors (Lipinski definition) is 1. The predicted molar refractivity (Wildman–Crippen MR) is 71.3 cm³/mol. The summed E-state index contributed by atoms with van der Waals surface area (Å²) >= 11 is 7.76. The molecule has 1 nitrogen and oxygen atoms in total. The summed E-state index contributed by atoms with van der Waals surface area (Å²) in [7, 11) is 0. The molecule has 1 aromatic carbocycles. The van der Waals surface area contributed by atoms with Gasteiger partial charge in [-0.1, -0.05) is 24.1 Å². The molecule has 1 heterocycles. The smallest absolute Gasteiger partial charge is 0.0420 e. The minimum atomic E-state index is 0.752. The quantitative estimate of drug-likeness (QED) is 0.862. The van der Waals surface area contributed by atoms with Crippen molar-refractivity contribution in [3.63, 3.8) is 0 Å². The van der Waals surface area contributed by atoms with Gasteiger partial charge in [-0.3, -0.25) is 0 Å². The third kappa shape index (κ3) is 1.97. The summed E-state index contributed by atoms with van der Waals surface area (Å²) in [6.07, 6.45) is 4.07. The first-order valence-corrected chi connectivity index (χ1v) is 6.98. The van der Waals surface area contributed by atoms with Crippen LogP contribution in [-0.4, -0.2) is 6.04 Å². The van der Waals surface area contributed by atoms with Crippen LogP contribution < -0.4 is 5.32 Å². The molecule has 84 valence electrons. The minimum Gasteiger partial charge on any atom is -0.310 e. The fourth-order valence-corrected chi connectivity index (χ4v) is 3.30. The SMILES string of the molecule is Clc1ccc2c(CNC3CCC3)csc2c1. The maximum atomic E-state index is 5.98. The minimum absolute atomic E-state index is 0.752. The molecule has 1 aliphatic carbocycles. The normalized spacial score (nSPS) is 16.6. The fraction of sp³-hybridized carbons (Fsp3) is 0.385. The number of halogens is 1. The Morgan fingerprint density at radius 1 is 1.38 bits per heavy atom. The average Bonchev–Trinajstić information content (AvgIpc) is 2.58. The summed E-state index contributed by atoms with van der Waals surface area (Å²) in [5.74, 6) is 0. The summed E-state index contributed by atoms with van der Waals surface area (Å²) in [5, 5.41) is 8.02. The molecule has 3 rings (SSSR count). The third-order valence-corrected chi connectivity index (χ3v) is 4.53. The Hall–Kier alpha value is -0.570. The summed E-state index contributed by atoms with van der Waals surface area (Å²) in [4.78, 5) is 0. The molecule has 3 heteroatoms. The van der Waals surface area contributed by atoms with Gasteiger partial charge in [0.2, 0.25) is 0 Å². The average molecular weight is 252 g/mol. The Bertz CT molecular complexity index is 502. The van der Waals surface area contributed by atoms with Crippen LogP contribution in [0.3, 0.4) is 0 Å². The summed E-state index contributed by atoms with van der Waals surface area (Å²) in [6, 6.07) is 6.91. The van der Waals surface area contributed by atoms with Crippen molar-refractivity contribution in [3.8, 4) is 0 Å². The lowest BCUT2D eigenvalue weighted by atomic mass is 9.93. The zero-order chi connectivity index (χ0) is 11.0. The first-order valence-electron chi connectivity index (χ1n) is 5.72. The maximum absolute atomic E-state index is 5.98. The van der Waals surface area contributed by atoms with E-state index in [4.69, 9.17) is 11.6 Å². The van der Waals surface area contributed by atoms with Crippen molar-refractivity contribution < 1.29 is 0 Å². The van der Waals surface area contributed by atoms with E-state index in [1.165, 1.54) is 34.9 Å². The lowest BCUT2D eigenvalue weighted by Crippen LogP contribution is -2.34. The van der Waals surface area contributed by atoms with Gasteiger partial charge in [-0.15, -0.1) is 11.3 Å². The van der Waals surface area contributed by atoms with E-state index >= 15 is 0 Å². The van der Waals surface area contributed by atoms with Crippen molar-refractivity contribution in [1.82, 2.24) is 5.32 Å². The van der Waals surface area contributed by atoms with Gasteiger partial charge in [-0.05, 0) is 41.3 Å². The van der Waals surface area contributed by atoms with Crippen molar-refractivity contribution in [2.24, 2.45) is 0 Å². The van der Waals surface area contributed by atoms with Gasteiger partial charge in [0.1, 0.15) is 0 Å². The van der Waals surface area contributed by atoms with E-state index in [1.54, 1.807) is 11.3 Å². The highest BCUT2D eigenvalue weighted by Crippen LogP contribution is 2.29. The monoisotopic (exact) mass is 251 g/mol. The number of hydrogen-bond acceptors (Lipinski definition) is 2. The molecule has 0 radical (unpaired) electrons. The second kappa shape index (κ2) is 4.36. The molecule has 0 atom stereocenters. The Balaban J connectivity index is 1.80. The molecular formula is C13H14ClNS. The van der Waals surface area contributed by atoms with E-state index in [0.717, 1.165) is 17.6 Å². The summed E-state index contributed by atoms with van der Waals surface area (Å²) in [6.45, 7) is 0.992. The lowest BCUT2D eigenvalue weighted by molar-refractivity contribution is 0.339. The fourth-order valence-electron chi connectivity index (χ4n) is 2.06. The molecule has 0 spiro atoms. The van der Waals surface area contributed by atoms with Crippen molar-refractivity contribution >= 4 is 33.0 Å². The van der Waals surface area contributed by atoms with E-state index < -0.39 is 0 Å². The Labute approximate surface area is 104 Å². The highest BCUT2D eigenvalue weighted by atomic mass is 35.5. The van der Waals surface area contributed by atoms with Gasteiger partial charge in [0.05, 0.1) is 0 Å². The molecule has 1 aromatic heterocycles. The Kier molecular flexibility index (Phi) is 2.88. The largest absolute Gasteiger partial charge is 0.310 e. The van der Waals surface area contributed by atoms with Crippen LogP contribution in [0.5, 0.6) is 0 Å². The van der Waals surface area contributed by atoms with Crippen molar-refractivity contribution in [1.29, 1.82) is 0 Å². The standard InChI is InChI=1S/C13H14ClNS/c14-10-4-5-12-9(8-16-13(12)6-10)7-15-11-2-1-3-11/h4-6,8,11,15H,1-3,7H2. The highest BCUT2D eigenvalue weighted by Gasteiger charge is 2.16. The van der Waals surface area contributed by atoms with E-state index in [9.17, 15) is 0 Å². The topological polar surface area (TPSA) is 12.0 Å². The van der Waals surface area contributed by atoms with Crippen molar-refractivity contribution in [2.45, 2.75) is 31.8 Å². The van der Waals surface area contributed by atoms with Gasteiger partial charge in [0.15, 0.2) is 0 Å². The van der Waals surface area contributed by atoms with Crippen LogP contribution in [0.4, 0.5) is 0 Å². The first kappa shape index (κ1) is 10.6. The van der Waals surface area contributed by atoms with Crippen LogP contribution in [0.25, 0.3) is 10.1 Å². The molecule has 0 saturated heterocycles. The number of thiophene rings is 1. The zero-order valence-corrected chi connectivity index (χ0v) is 10.6. The molecule has 1 aliphatic rings. The second-order valence-electron chi connectivity index (χ2n) is 4.41. The van der Waals surface area contributed by atoms with E-state index in [0.29, 0.717) is 0 Å². The first-order chi connectivity index (χ1) is 7.83. The van der Waals surface area contributed by atoms with Gasteiger partial charge >= 0.3 is 0 Å². The van der Waals surface area contributed by atoms with Crippen molar-refractivity contribution in [3.05, 3.63) is 34.2 Å². The molecule has 0 unspecified atom stereocenters. The van der Waals surface area contributed by atoms with Gasteiger partial charge < -0.3 is 5.32 Å². The lowest BCUT2D eigenvalue weighted by Gasteiger charge is -2.26. The highest BCUT2D eigenvalue weighted by molar-refractivity contribution is 7.17. The molecule has 0 amide bonds. The second-order valence-corrected chi connectivity index (χ2v) is 5.76. The van der Waals surface area contributed by atoms with Crippen LogP contribution in [0, 0.1) is 0 Å². The van der Waals surface area contributed by atoms with Gasteiger partial charge in [-0.2, -0.15) is 0 Å². The van der Waals surface area contributed by atoms with E-state index in [-0.39, 0.29) is 0 Å². The molecule has 16 heavy (non-hydrogen) atoms. The van der Waals surface area contributed by atoms with Crippen LogP contribution >= 0.6 is 22.9 Å². The Morgan fingerprint density at radius 3 is 3.00 bits per heavy atom. The zero-order valence-electron chi connectivity index (χ0n) is 9.00. The molecule has 2 aromatic rings. The van der Waals surface area contributed by atoms with E-state index in [1.807, 2.05) is 6.07 Å². The molecule has 1 fully saturated rings. The molecule has 0 aliphatic heterocycles. The third-order valence-electron chi connectivity index (χ3n) is 3.30. The Morgan fingerprint density at radius 2 is 2.25 bits per heavy atom. The number of benzene rings is 1. The maximum Gasteiger partial charge on any atom is 0.0420 e. The van der Waals surface area contributed by atoms with Crippen molar-refractivity contribution in [2.75, 3.05) is 0 Å². The van der Waals surface area contributed by atoms with Crippen LogP contribution in [0.15, 0.2) is 23.6 Å². The summed E-state index contributed by atoms with van der Waals surface area (Å²) < 4.78 is 1.29. The number of fused-ring (bicyclic) bond motifs is 1. The number of rotatable bonds is 3. The van der Waals surface area contributed by atoms with Crippen LogP contribution in [0.1, 0.15) is 24.8 Å². The van der Waals surface area contributed by atoms with Crippen LogP contribution in [-0.2, 0) is 6.54 Å². The summed E-state index contributed by atoms with van der Waals surface area (Å²) in [5.41, 5.74) is 1.41. The van der Waals surface area contributed by atoms with Gasteiger partial charge in [-0.25, -0.2) is 0 Å². The predicted octanol–water partition coefficient (Wildman–Crippen LogP) is 4.20. The molecule has 1 saturated carbocycles. The van der Waals surface area contributed by atoms with Gasteiger partial charge in [0.25, 0.3) is 0 Å². The molecule has 0 bridgehead atoms. The van der Waals surface area contributed by atoms with Gasteiger partial charge in [0, 0.05) is 22.3 Å². The van der Waals surface area contributed by atoms with Crippen LogP contribution in [0.2, 0.25) is 5.02 Å². The molecular weight excluding hydrogens is 238 g/mol. The molecule has 1 N–H and O–H groups in total. The van der Waals surface area contributed by atoms with E-state index in [2.05, 4.69) is 22.8 Å². The number of nitrogens with one attached hydrogen (secondary N) is 1.